The van der Waals surface area contributed by atoms with E-state index in [-0.39, 0.29) is 5.11 Å². The molecule has 0 amide bonds. The van der Waals surface area contributed by atoms with Crippen molar-refractivity contribution < 1.29 is 4.74 Å². The Hall–Kier alpha value is -1.62. The maximum absolute atomic E-state index is 5.71. The first kappa shape index (κ1) is 14.4. The Kier molecular flexibility index (Phi) is 6.14. The molecule has 0 aliphatic carbocycles. The second-order valence-corrected chi connectivity index (χ2v) is 4.42. The monoisotopic (exact) mass is 265 g/mol. The minimum Gasteiger partial charge on any atom is -0.493 e. The quantitative estimate of drug-likeness (QED) is 0.359. The number of benzene rings is 1. The molecule has 0 saturated heterocycles. The normalized spacial score (nSPS) is 10.6. The third kappa shape index (κ3) is 5.14. The number of rotatable bonds is 6. The van der Waals surface area contributed by atoms with Gasteiger partial charge >= 0.3 is 0 Å². The molecule has 1 rings (SSSR count). The molecule has 4 nitrogen and oxygen atoms in total. The van der Waals surface area contributed by atoms with Crippen LogP contribution < -0.4 is 15.9 Å². The van der Waals surface area contributed by atoms with Gasteiger partial charge in [0.15, 0.2) is 5.11 Å². The van der Waals surface area contributed by atoms with Crippen molar-refractivity contribution in [1.29, 1.82) is 0 Å². The molecule has 5 heteroatoms. The van der Waals surface area contributed by atoms with Crippen LogP contribution in [0, 0.1) is 6.92 Å². The van der Waals surface area contributed by atoms with Crippen molar-refractivity contribution in [2.75, 3.05) is 6.61 Å². The number of nitrogens with one attached hydrogen (secondary N) is 1. The predicted octanol–water partition coefficient (Wildman–Crippen LogP) is 2.34. The number of nitrogens with two attached hydrogens (primary N) is 1. The lowest BCUT2D eigenvalue weighted by Crippen LogP contribution is -2.24. The van der Waals surface area contributed by atoms with Gasteiger partial charge in [0.1, 0.15) is 5.75 Å². The molecule has 0 aliphatic rings. The van der Waals surface area contributed by atoms with Gasteiger partial charge in [-0.25, -0.2) is 0 Å². The van der Waals surface area contributed by atoms with Crippen LogP contribution in [0.1, 0.15) is 30.9 Å². The lowest BCUT2D eigenvalue weighted by molar-refractivity contribution is 0.309. The summed E-state index contributed by atoms with van der Waals surface area (Å²) in [5.41, 5.74) is 9.89. The highest BCUT2D eigenvalue weighted by molar-refractivity contribution is 7.80. The molecular formula is C13H19N3OS. The molecule has 0 spiro atoms. The Morgan fingerprint density at radius 1 is 1.56 bits per heavy atom. The standard InChI is InChI=1S/C13H19N3OS/c1-3-4-7-17-12-6-5-10(2)8-11(12)9-15-16-13(14)18/h5-6,8-9H,3-4,7H2,1-2H3,(H3,14,16,18). The number of hydrazone groups is 1. The molecule has 0 heterocycles. The van der Waals surface area contributed by atoms with Gasteiger partial charge in [-0.15, -0.1) is 0 Å². The first-order chi connectivity index (χ1) is 8.63. The van der Waals surface area contributed by atoms with E-state index in [0.29, 0.717) is 6.61 Å². The summed E-state index contributed by atoms with van der Waals surface area (Å²) in [6, 6.07) is 5.97. The number of hydrogen-bond donors (Lipinski definition) is 2. The molecule has 0 radical (unpaired) electrons. The van der Waals surface area contributed by atoms with Crippen LogP contribution in [0.25, 0.3) is 0 Å². The van der Waals surface area contributed by atoms with Crippen molar-refractivity contribution in [3.8, 4) is 5.75 Å². The van der Waals surface area contributed by atoms with Gasteiger partial charge in [0.05, 0.1) is 12.8 Å². The fourth-order valence-electron chi connectivity index (χ4n) is 1.39. The lowest BCUT2D eigenvalue weighted by atomic mass is 10.1. The molecule has 1 aromatic carbocycles. The molecule has 0 bridgehead atoms. The van der Waals surface area contributed by atoms with Crippen LogP contribution in [0.2, 0.25) is 0 Å². The third-order valence-corrected chi connectivity index (χ3v) is 2.39. The van der Waals surface area contributed by atoms with Crippen molar-refractivity contribution in [2.45, 2.75) is 26.7 Å². The fraction of sp³-hybridized carbons (Fsp3) is 0.385. The van der Waals surface area contributed by atoms with Crippen LogP contribution in [0.4, 0.5) is 0 Å². The van der Waals surface area contributed by atoms with Crippen LogP contribution in [0.15, 0.2) is 23.3 Å². The van der Waals surface area contributed by atoms with E-state index >= 15 is 0 Å². The number of hydrogen-bond acceptors (Lipinski definition) is 3. The highest BCUT2D eigenvalue weighted by Crippen LogP contribution is 2.18. The Morgan fingerprint density at radius 3 is 3.00 bits per heavy atom. The molecular weight excluding hydrogens is 246 g/mol. The van der Waals surface area contributed by atoms with E-state index in [4.69, 9.17) is 10.5 Å². The maximum Gasteiger partial charge on any atom is 0.184 e. The summed E-state index contributed by atoms with van der Waals surface area (Å²) in [5.74, 6) is 0.822. The van der Waals surface area contributed by atoms with Crippen LogP contribution in [0.5, 0.6) is 5.75 Å². The van der Waals surface area contributed by atoms with E-state index in [1.54, 1.807) is 6.21 Å². The highest BCUT2D eigenvalue weighted by Gasteiger charge is 2.01. The van der Waals surface area contributed by atoms with Gasteiger partial charge in [0.25, 0.3) is 0 Å². The molecule has 0 aromatic heterocycles. The van der Waals surface area contributed by atoms with Crippen LogP contribution in [-0.2, 0) is 0 Å². The maximum atomic E-state index is 5.71. The zero-order valence-electron chi connectivity index (χ0n) is 10.8. The van der Waals surface area contributed by atoms with Gasteiger partial charge < -0.3 is 10.5 Å². The summed E-state index contributed by atoms with van der Waals surface area (Å²) in [6.07, 6.45) is 3.81. The van der Waals surface area contributed by atoms with Crippen molar-refractivity contribution in [3.63, 3.8) is 0 Å². The second kappa shape index (κ2) is 7.66. The SMILES string of the molecule is CCCCOc1ccc(C)cc1C=NNC(N)=S. The van der Waals surface area contributed by atoms with Gasteiger partial charge in [-0.3, -0.25) is 5.43 Å². The molecule has 0 aliphatic heterocycles. The highest BCUT2D eigenvalue weighted by atomic mass is 32.1. The summed E-state index contributed by atoms with van der Waals surface area (Å²) in [4.78, 5) is 0. The first-order valence-corrected chi connectivity index (χ1v) is 6.36. The molecule has 0 unspecified atom stereocenters. The Labute approximate surface area is 113 Å². The van der Waals surface area contributed by atoms with E-state index in [9.17, 15) is 0 Å². The number of nitrogens with zero attached hydrogens (tertiary/aromatic N) is 1. The second-order valence-electron chi connectivity index (χ2n) is 3.98. The molecule has 18 heavy (non-hydrogen) atoms. The average molecular weight is 265 g/mol. The smallest absolute Gasteiger partial charge is 0.184 e. The van der Waals surface area contributed by atoms with Crippen molar-refractivity contribution in [2.24, 2.45) is 10.8 Å². The first-order valence-electron chi connectivity index (χ1n) is 5.95. The Balaban J connectivity index is 2.76. The van der Waals surface area contributed by atoms with Gasteiger partial charge in [0, 0.05) is 5.56 Å². The lowest BCUT2D eigenvalue weighted by Gasteiger charge is -2.09. The zero-order valence-corrected chi connectivity index (χ0v) is 11.6. The van der Waals surface area contributed by atoms with Crippen LogP contribution >= 0.6 is 12.2 Å². The average Bonchev–Trinajstić information content (AvgIpc) is 2.31. The topological polar surface area (TPSA) is 59.6 Å². The summed E-state index contributed by atoms with van der Waals surface area (Å²) in [7, 11) is 0. The minimum atomic E-state index is 0.146. The molecule has 3 N–H and O–H groups in total. The largest absolute Gasteiger partial charge is 0.493 e. The third-order valence-electron chi connectivity index (χ3n) is 2.30. The van der Waals surface area contributed by atoms with Gasteiger partial charge in [-0.05, 0) is 37.7 Å². The Bertz CT molecular complexity index is 432. The summed E-state index contributed by atoms with van der Waals surface area (Å²) in [5, 5.41) is 4.10. The predicted molar refractivity (Wildman–Crippen MR) is 79.1 cm³/mol. The van der Waals surface area contributed by atoms with Gasteiger partial charge in [-0.1, -0.05) is 25.0 Å². The molecule has 0 saturated carbocycles. The van der Waals surface area contributed by atoms with Gasteiger partial charge in [-0.2, -0.15) is 5.10 Å². The van der Waals surface area contributed by atoms with E-state index < -0.39 is 0 Å². The van der Waals surface area contributed by atoms with Gasteiger partial charge in [0.2, 0.25) is 0 Å². The molecule has 1 aromatic rings. The number of ether oxygens (including phenoxy) is 1. The Morgan fingerprint density at radius 2 is 2.33 bits per heavy atom. The minimum absolute atomic E-state index is 0.146. The van der Waals surface area contributed by atoms with Crippen LogP contribution in [0.3, 0.4) is 0 Å². The van der Waals surface area contributed by atoms with E-state index in [2.05, 4.69) is 29.7 Å². The summed E-state index contributed by atoms with van der Waals surface area (Å²) >= 11 is 4.68. The van der Waals surface area contributed by atoms with Crippen molar-refractivity contribution in [3.05, 3.63) is 29.3 Å². The number of unbranched alkanes of at least 4 members (excludes halogenated alkanes) is 1. The van der Waals surface area contributed by atoms with E-state index in [0.717, 1.165) is 29.7 Å². The van der Waals surface area contributed by atoms with Crippen molar-refractivity contribution >= 4 is 23.5 Å². The zero-order chi connectivity index (χ0) is 13.4. The van der Waals surface area contributed by atoms with Crippen molar-refractivity contribution in [1.82, 2.24) is 5.43 Å². The van der Waals surface area contributed by atoms with E-state index in [1.165, 1.54) is 0 Å². The number of aryl methyl sites for hydroxylation is 1. The molecule has 98 valence electrons. The molecule has 0 fully saturated rings. The molecule has 0 atom stereocenters. The summed E-state index contributed by atoms with van der Waals surface area (Å²) < 4.78 is 5.71. The van der Waals surface area contributed by atoms with Crippen LogP contribution in [-0.4, -0.2) is 17.9 Å². The fourth-order valence-corrected chi connectivity index (χ4v) is 1.44. The van der Waals surface area contributed by atoms with E-state index in [1.807, 2.05) is 25.1 Å². The summed E-state index contributed by atoms with van der Waals surface area (Å²) in [6.45, 7) is 4.87. The number of thiocarbonyl (C=S) groups is 1.